The number of carbonyl (C=O) groups excluding carboxylic acids is 1. The summed E-state index contributed by atoms with van der Waals surface area (Å²) < 4.78 is 32.3. The highest BCUT2D eigenvalue weighted by Crippen LogP contribution is 2.15. The van der Waals surface area contributed by atoms with E-state index in [1.165, 1.54) is 141 Å². The molecule has 0 aliphatic carbocycles. The van der Waals surface area contributed by atoms with Gasteiger partial charge in [0.25, 0.3) is 10.1 Å². The van der Waals surface area contributed by atoms with Gasteiger partial charge in [0.2, 0.25) is 5.91 Å². The molecule has 0 bridgehead atoms. The average Bonchev–Trinajstić information content (AvgIpc) is 3.00. The highest BCUT2D eigenvalue weighted by Gasteiger charge is 2.24. The number of hydrogen-bond donors (Lipinski definition) is 3. The van der Waals surface area contributed by atoms with E-state index in [1.54, 1.807) is 6.08 Å². The molecule has 0 aliphatic heterocycles. The Morgan fingerprint density at radius 3 is 1.40 bits per heavy atom. The van der Waals surface area contributed by atoms with Gasteiger partial charge in [-0.3, -0.25) is 9.35 Å². The summed E-state index contributed by atoms with van der Waals surface area (Å²) in [5.41, 5.74) is 0. The van der Waals surface area contributed by atoms with Crippen LogP contribution in [0.15, 0.2) is 24.3 Å². The molecule has 0 spiro atoms. The minimum Gasteiger partial charge on any atom is -0.387 e. The molecule has 0 aliphatic rings. The first kappa shape index (κ1) is 43.8. The zero-order valence-corrected chi connectivity index (χ0v) is 30.3. The Kier molecular flexibility index (Phi) is 31.9. The van der Waals surface area contributed by atoms with Gasteiger partial charge in [0.05, 0.1) is 17.9 Å². The molecule has 3 N–H and O–H groups in total. The Bertz CT molecular complexity index is 811. The van der Waals surface area contributed by atoms with E-state index in [0.717, 1.165) is 38.5 Å². The normalized spacial score (nSPS) is 13.6. The quantitative estimate of drug-likeness (QED) is 0.0363. The van der Waals surface area contributed by atoms with Crippen LogP contribution in [-0.4, -0.2) is 41.9 Å². The molecule has 7 heteroatoms. The number of aliphatic hydroxyl groups excluding tert-OH is 1. The Labute approximate surface area is 279 Å². The smallest absolute Gasteiger partial charge is 0.267 e. The lowest BCUT2D eigenvalue weighted by molar-refractivity contribution is -0.122. The van der Waals surface area contributed by atoms with Crippen LogP contribution in [0.25, 0.3) is 0 Å². The van der Waals surface area contributed by atoms with E-state index in [0.29, 0.717) is 6.42 Å². The average molecular weight is 656 g/mol. The van der Waals surface area contributed by atoms with Crippen molar-refractivity contribution in [3.63, 3.8) is 0 Å². The predicted octanol–water partition coefficient (Wildman–Crippen LogP) is 10.8. The zero-order chi connectivity index (χ0) is 33.3. The van der Waals surface area contributed by atoms with Gasteiger partial charge in [-0.05, 0) is 32.1 Å². The lowest BCUT2D eigenvalue weighted by Gasteiger charge is -2.21. The summed E-state index contributed by atoms with van der Waals surface area (Å²) in [5, 5.41) is 13.1. The second-order valence-electron chi connectivity index (χ2n) is 13.2. The molecule has 0 rings (SSSR count). The number of carbonyl (C=O) groups is 1. The van der Waals surface area contributed by atoms with Gasteiger partial charge in [-0.25, -0.2) is 0 Å². The summed E-state index contributed by atoms with van der Waals surface area (Å²) in [6.07, 6.45) is 40.3. The van der Waals surface area contributed by atoms with E-state index in [9.17, 15) is 22.9 Å². The fourth-order valence-electron chi connectivity index (χ4n) is 5.76. The van der Waals surface area contributed by atoms with Crippen molar-refractivity contribution in [3.8, 4) is 0 Å². The molecule has 266 valence electrons. The van der Waals surface area contributed by atoms with Crippen molar-refractivity contribution >= 4 is 16.0 Å². The summed E-state index contributed by atoms with van der Waals surface area (Å²) in [6, 6.07) is -1.07. The van der Waals surface area contributed by atoms with Crippen LogP contribution < -0.4 is 5.32 Å². The van der Waals surface area contributed by atoms with Crippen molar-refractivity contribution in [2.45, 2.75) is 206 Å². The van der Waals surface area contributed by atoms with Gasteiger partial charge in [-0.2, -0.15) is 8.42 Å². The predicted molar refractivity (Wildman–Crippen MR) is 193 cm³/mol. The number of hydrogen-bond acceptors (Lipinski definition) is 4. The third-order valence-electron chi connectivity index (χ3n) is 8.63. The topological polar surface area (TPSA) is 104 Å². The van der Waals surface area contributed by atoms with E-state index in [-0.39, 0.29) is 5.91 Å². The van der Waals surface area contributed by atoms with E-state index in [4.69, 9.17) is 0 Å². The van der Waals surface area contributed by atoms with E-state index in [1.807, 2.05) is 0 Å². The van der Waals surface area contributed by atoms with Crippen molar-refractivity contribution in [2.75, 3.05) is 5.75 Å². The molecule has 45 heavy (non-hydrogen) atoms. The molecule has 0 aromatic carbocycles. The second kappa shape index (κ2) is 32.7. The van der Waals surface area contributed by atoms with Crippen molar-refractivity contribution in [3.05, 3.63) is 24.3 Å². The van der Waals surface area contributed by atoms with Gasteiger partial charge < -0.3 is 10.4 Å². The van der Waals surface area contributed by atoms with Crippen LogP contribution in [0.2, 0.25) is 0 Å². The molecule has 1 amide bonds. The summed E-state index contributed by atoms with van der Waals surface area (Å²) in [6.45, 7) is 4.49. The number of amides is 1. The minimum atomic E-state index is -4.34. The number of allylic oxidation sites excluding steroid dienone is 3. The van der Waals surface area contributed by atoms with Crippen molar-refractivity contribution in [2.24, 2.45) is 0 Å². The van der Waals surface area contributed by atoms with Crippen LogP contribution in [0.1, 0.15) is 194 Å². The lowest BCUT2D eigenvalue weighted by Crippen LogP contribution is -2.46. The maximum absolute atomic E-state index is 12.5. The summed E-state index contributed by atoms with van der Waals surface area (Å²) >= 11 is 0. The Balaban J connectivity index is 3.90. The van der Waals surface area contributed by atoms with Gasteiger partial charge in [0.1, 0.15) is 0 Å². The van der Waals surface area contributed by atoms with Crippen LogP contribution in [-0.2, 0) is 14.9 Å². The highest BCUT2D eigenvalue weighted by atomic mass is 32.2. The largest absolute Gasteiger partial charge is 0.387 e. The van der Waals surface area contributed by atoms with Crippen molar-refractivity contribution in [1.82, 2.24) is 5.32 Å². The zero-order valence-electron chi connectivity index (χ0n) is 29.5. The maximum atomic E-state index is 12.5. The van der Waals surface area contributed by atoms with Crippen LogP contribution in [0.3, 0.4) is 0 Å². The number of nitrogens with one attached hydrogen (secondary N) is 1. The summed E-state index contributed by atoms with van der Waals surface area (Å²) in [5.74, 6) is -0.994. The standard InChI is InChI=1S/C38H73NO5S/c1-3-5-7-9-11-13-15-16-17-18-19-20-21-22-24-26-28-30-32-34-38(41)39-36(35-45(42,43)44)37(40)33-31-29-27-25-23-14-12-10-8-6-4-2/h23,25,31,33,36-37,40H,3-22,24,26-30,32,34-35H2,1-2H3,(H,39,41)(H,42,43,44)/b25-23+,33-31+. The molecule has 0 heterocycles. The molecule has 0 fully saturated rings. The first-order valence-corrected chi connectivity index (χ1v) is 20.6. The minimum absolute atomic E-state index is 0.287. The van der Waals surface area contributed by atoms with E-state index < -0.39 is 28.0 Å². The molecule has 0 saturated heterocycles. The van der Waals surface area contributed by atoms with E-state index >= 15 is 0 Å². The van der Waals surface area contributed by atoms with Crippen molar-refractivity contribution < 1.29 is 22.9 Å². The third-order valence-corrected chi connectivity index (χ3v) is 9.41. The first-order chi connectivity index (χ1) is 21.8. The van der Waals surface area contributed by atoms with Gasteiger partial charge in [-0.15, -0.1) is 0 Å². The summed E-state index contributed by atoms with van der Waals surface area (Å²) in [7, 11) is -4.34. The van der Waals surface area contributed by atoms with E-state index in [2.05, 4.69) is 31.3 Å². The van der Waals surface area contributed by atoms with Crippen LogP contribution >= 0.6 is 0 Å². The molecule has 2 atom stereocenters. The molecule has 6 nitrogen and oxygen atoms in total. The van der Waals surface area contributed by atoms with Gasteiger partial charge >= 0.3 is 0 Å². The third kappa shape index (κ3) is 34.0. The molecule has 2 unspecified atom stereocenters. The van der Waals surface area contributed by atoms with Gasteiger partial charge in [-0.1, -0.05) is 179 Å². The number of aliphatic hydroxyl groups is 1. The molecule has 0 radical (unpaired) electrons. The fraction of sp³-hybridized carbons (Fsp3) is 0.868. The van der Waals surface area contributed by atoms with Gasteiger partial charge in [0, 0.05) is 6.42 Å². The molecular weight excluding hydrogens is 582 g/mol. The number of unbranched alkanes of at least 4 members (excludes halogenated alkanes) is 24. The number of rotatable bonds is 34. The monoisotopic (exact) mass is 656 g/mol. The Morgan fingerprint density at radius 1 is 0.578 bits per heavy atom. The highest BCUT2D eigenvalue weighted by molar-refractivity contribution is 7.85. The first-order valence-electron chi connectivity index (χ1n) is 19.0. The second-order valence-corrected chi connectivity index (χ2v) is 14.7. The van der Waals surface area contributed by atoms with Crippen LogP contribution in [0.4, 0.5) is 0 Å². The van der Waals surface area contributed by atoms with Gasteiger partial charge in [0.15, 0.2) is 0 Å². The molecule has 0 aromatic heterocycles. The maximum Gasteiger partial charge on any atom is 0.267 e. The Morgan fingerprint density at radius 2 is 0.956 bits per heavy atom. The fourth-order valence-corrected chi connectivity index (χ4v) is 6.49. The van der Waals surface area contributed by atoms with Crippen molar-refractivity contribution in [1.29, 1.82) is 0 Å². The SMILES string of the molecule is CCCCCCC/C=C/CC/C=C/C(O)C(CS(=O)(=O)O)NC(=O)CCCCCCCCCCCCCCCCCCCCC. The lowest BCUT2D eigenvalue weighted by atomic mass is 10.0. The summed E-state index contributed by atoms with van der Waals surface area (Å²) in [4.78, 5) is 12.5. The van der Waals surface area contributed by atoms with Crippen LogP contribution in [0, 0.1) is 0 Å². The molecular formula is C38H73NO5S. The molecule has 0 saturated carbocycles. The van der Waals surface area contributed by atoms with Crippen LogP contribution in [0.5, 0.6) is 0 Å². The molecule has 0 aromatic rings. The Hall–Kier alpha value is -1.18.